The highest BCUT2D eigenvalue weighted by Gasteiger charge is 1.98. The van der Waals surface area contributed by atoms with Gasteiger partial charge in [-0.1, -0.05) is 37.6 Å². The van der Waals surface area contributed by atoms with Crippen LogP contribution in [-0.2, 0) is 12.8 Å². The Balaban J connectivity index is 1.82. The second-order valence-corrected chi connectivity index (χ2v) is 5.53. The molecule has 0 aliphatic rings. The predicted molar refractivity (Wildman–Crippen MR) is 87.9 cm³/mol. The molecule has 0 spiro atoms. The third kappa shape index (κ3) is 4.93. The topological polar surface area (TPSA) is 9.23 Å². The zero-order chi connectivity index (χ0) is 14.2. The molecular formula is C18H22OS. The highest BCUT2D eigenvalue weighted by molar-refractivity contribution is 7.80. The molecule has 0 heterocycles. The van der Waals surface area contributed by atoms with Crippen molar-refractivity contribution in [2.75, 3.05) is 6.61 Å². The summed E-state index contributed by atoms with van der Waals surface area (Å²) in [5.74, 6) is 0.974. The van der Waals surface area contributed by atoms with Crippen molar-refractivity contribution in [3.63, 3.8) is 0 Å². The van der Waals surface area contributed by atoms with Crippen LogP contribution in [0.25, 0.3) is 0 Å². The molecule has 2 heteroatoms. The van der Waals surface area contributed by atoms with Gasteiger partial charge < -0.3 is 4.74 Å². The van der Waals surface area contributed by atoms with Crippen LogP contribution in [0.2, 0.25) is 0 Å². The SMILES string of the molecule is CCCCOc1ccc(CCc2ccc(S)cc2)cc1. The lowest BCUT2D eigenvalue weighted by molar-refractivity contribution is 0.309. The van der Waals surface area contributed by atoms with Crippen molar-refractivity contribution in [3.8, 4) is 5.75 Å². The summed E-state index contributed by atoms with van der Waals surface area (Å²) in [7, 11) is 0. The molecule has 2 aromatic carbocycles. The van der Waals surface area contributed by atoms with E-state index in [-0.39, 0.29) is 0 Å². The van der Waals surface area contributed by atoms with Crippen LogP contribution in [0, 0.1) is 0 Å². The van der Waals surface area contributed by atoms with Crippen molar-refractivity contribution in [2.24, 2.45) is 0 Å². The van der Waals surface area contributed by atoms with E-state index in [1.54, 1.807) is 0 Å². The molecule has 0 amide bonds. The van der Waals surface area contributed by atoms with E-state index in [1.807, 2.05) is 12.1 Å². The van der Waals surface area contributed by atoms with E-state index >= 15 is 0 Å². The molecule has 0 aromatic heterocycles. The zero-order valence-electron chi connectivity index (χ0n) is 12.0. The Morgan fingerprint density at radius 3 is 1.95 bits per heavy atom. The maximum Gasteiger partial charge on any atom is 0.119 e. The van der Waals surface area contributed by atoms with Crippen molar-refractivity contribution in [1.82, 2.24) is 0 Å². The van der Waals surface area contributed by atoms with Gasteiger partial charge in [-0.25, -0.2) is 0 Å². The van der Waals surface area contributed by atoms with Crippen LogP contribution in [0.3, 0.4) is 0 Å². The Morgan fingerprint density at radius 2 is 1.40 bits per heavy atom. The van der Waals surface area contributed by atoms with E-state index in [0.717, 1.165) is 36.5 Å². The lowest BCUT2D eigenvalue weighted by Crippen LogP contribution is -1.97. The molecule has 106 valence electrons. The first kappa shape index (κ1) is 15.0. The summed E-state index contributed by atoms with van der Waals surface area (Å²) in [5.41, 5.74) is 2.70. The van der Waals surface area contributed by atoms with Gasteiger partial charge in [0.05, 0.1) is 6.61 Å². The van der Waals surface area contributed by atoms with Crippen LogP contribution in [0.1, 0.15) is 30.9 Å². The maximum absolute atomic E-state index is 5.67. The Hall–Kier alpha value is -1.41. The van der Waals surface area contributed by atoms with Crippen molar-refractivity contribution in [3.05, 3.63) is 59.7 Å². The molecule has 2 aromatic rings. The molecule has 0 radical (unpaired) electrons. The van der Waals surface area contributed by atoms with Gasteiger partial charge in [0.1, 0.15) is 5.75 Å². The summed E-state index contributed by atoms with van der Waals surface area (Å²) < 4.78 is 5.67. The molecule has 0 saturated carbocycles. The van der Waals surface area contributed by atoms with Crippen molar-refractivity contribution < 1.29 is 4.74 Å². The number of hydrogen-bond acceptors (Lipinski definition) is 2. The molecule has 0 saturated heterocycles. The van der Waals surface area contributed by atoms with E-state index in [2.05, 4.69) is 56.0 Å². The van der Waals surface area contributed by atoms with Gasteiger partial charge in [-0.2, -0.15) is 0 Å². The molecule has 0 aliphatic carbocycles. The number of rotatable bonds is 7. The Morgan fingerprint density at radius 1 is 0.850 bits per heavy atom. The monoisotopic (exact) mass is 286 g/mol. The minimum Gasteiger partial charge on any atom is -0.494 e. The molecule has 0 fully saturated rings. The molecule has 2 rings (SSSR count). The van der Waals surface area contributed by atoms with E-state index < -0.39 is 0 Å². The van der Waals surface area contributed by atoms with E-state index in [0.29, 0.717) is 0 Å². The average Bonchev–Trinajstić information content (AvgIpc) is 2.48. The van der Waals surface area contributed by atoms with Gasteiger partial charge in [-0.15, -0.1) is 12.6 Å². The average molecular weight is 286 g/mol. The fraction of sp³-hybridized carbons (Fsp3) is 0.333. The third-order valence-electron chi connectivity index (χ3n) is 3.33. The standard InChI is InChI=1S/C18H22OS/c1-2-3-14-19-17-10-6-15(7-11-17)4-5-16-8-12-18(20)13-9-16/h6-13,20H,2-5,14H2,1H3. The molecule has 1 nitrogen and oxygen atoms in total. The first-order valence-corrected chi connectivity index (χ1v) is 7.72. The van der Waals surface area contributed by atoms with Crippen LogP contribution in [0.15, 0.2) is 53.4 Å². The summed E-state index contributed by atoms with van der Waals surface area (Å²) in [6.07, 6.45) is 4.40. The van der Waals surface area contributed by atoms with Gasteiger partial charge in [0.2, 0.25) is 0 Å². The Kier molecular flexibility index (Phi) is 6.00. The molecule has 0 aliphatic heterocycles. The van der Waals surface area contributed by atoms with E-state index in [1.165, 1.54) is 17.5 Å². The molecule has 20 heavy (non-hydrogen) atoms. The lowest BCUT2D eigenvalue weighted by atomic mass is 10.0. The zero-order valence-corrected chi connectivity index (χ0v) is 12.9. The summed E-state index contributed by atoms with van der Waals surface area (Å²) in [6.45, 7) is 2.98. The Labute approximate surface area is 127 Å². The van der Waals surface area contributed by atoms with E-state index in [4.69, 9.17) is 4.74 Å². The minimum absolute atomic E-state index is 0.811. The highest BCUT2D eigenvalue weighted by Crippen LogP contribution is 2.15. The third-order valence-corrected chi connectivity index (χ3v) is 3.63. The maximum atomic E-state index is 5.67. The van der Waals surface area contributed by atoms with Crippen LogP contribution >= 0.6 is 12.6 Å². The number of aryl methyl sites for hydroxylation is 2. The van der Waals surface area contributed by atoms with Crippen molar-refractivity contribution >= 4 is 12.6 Å². The first-order chi connectivity index (χ1) is 9.78. The number of ether oxygens (including phenoxy) is 1. The number of unbranched alkanes of at least 4 members (excludes halogenated alkanes) is 1. The van der Waals surface area contributed by atoms with Gasteiger partial charge in [0.25, 0.3) is 0 Å². The molecular weight excluding hydrogens is 264 g/mol. The quantitative estimate of drug-likeness (QED) is 0.560. The van der Waals surface area contributed by atoms with Crippen LogP contribution < -0.4 is 4.74 Å². The second-order valence-electron chi connectivity index (χ2n) is 5.01. The predicted octanol–water partition coefficient (Wildman–Crippen LogP) is 4.94. The van der Waals surface area contributed by atoms with Crippen molar-refractivity contribution in [1.29, 1.82) is 0 Å². The number of hydrogen-bond donors (Lipinski definition) is 1. The fourth-order valence-electron chi connectivity index (χ4n) is 2.04. The summed E-state index contributed by atoms with van der Waals surface area (Å²) in [4.78, 5) is 1.02. The highest BCUT2D eigenvalue weighted by atomic mass is 32.1. The summed E-state index contributed by atoms with van der Waals surface area (Å²) >= 11 is 4.30. The smallest absolute Gasteiger partial charge is 0.119 e. The number of benzene rings is 2. The normalized spacial score (nSPS) is 10.5. The van der Waals surface area contributed by atoms with Crippen LogP contribution in [0.5, 0.6) is 5.75 Å². The number of thiol groups is 1. The largest absolute Gasteiger partial charge is 0.494 e. The van der Waals surface area contributed by atoms with Gasteiger partial charge in [-0.3, -0.25) is 0 Å². The van der Waals surface area contributed by atoms with Crippen LogP contribution in [0.4, 0.5) is 0 Å². The van der Waals surface area contributed by atoms with Gasteiger partial charge in [0.15, 0.2) is 0 Å². The molecule has 0 unspecified atom stereocenters. The first-order valence-electron chi connectivity index (χ1n) is 7.27. The summed E-state index contributed by atoms with van der Waals surface area (Å²) in [5, 5.41) is 0. The Bertz CT molecular complexity index is 502. The molecule has 0 atom stereocenters. The minimum atomic E-state index is 0.811. The van der Waals surface area contributed by atoms with Gasteiger partial charge >= 0.3 is 0 Å². The van der Waals surface area contributed by atoms with Crippen molar-refractivity contribution in [2.45, 2.75) is 37.5 Å². The van der Waals surface area contributed by atoms with E-state index in [9.17, 15) is 0 Å². The van der Waals surface area contributed by atoms with Gasteiger partial charge in [0, 0.05) is 4.90 Å². The fourth-order valence-corrected chi connectivity index (χ4v) is 2.19. The van der Waals surface area contributed by atoms with Crippen LogP contribution in [-0.4, -0.2) is 6.61 Å². The van der Waals surface area contributed by atoms with Gasteiger partial charge in [-0.05, 0) is 54.7 Å². The summed E-state index contributed by atoms with van der Waals surface area (Å²) in [6, 6.07) is 16.8. The molecule has 0 N–H and O–H groups in total. The molecule has 0 bridgehead atoms. The second kappa shape index (κ2) is 8.01. The lowest BCUT2D eigenvalue weighted by Gasteiger charge is -2.07.